The van der Waals surface area contributed by atoms with Gasteiger partial charge in [-0.2, -0.15) is 11.3 Å². The number of aromatic nitrogens is 1. The number of carbonyl (C=O) groups excluding carboxylic acids is 1. The van der Waals surface area contributed by atoms with Crippen LogP contribution in [0.25, 0.3) is 11.0 Å². The molecule has 0 radical (unpaired) electrons. The van der Waals surface area contributed by atoms with Gasteiger partial charge in [-0.25, -0.2) is 0 Å². The number of hydrogen-bond donors (Lipinski definition) is 0. The lowest BCUT2D eigenvalue weighted by Crippen LogP contribution is -2.33. The Morgan fingerprint density at radius 2 is 2.18 bits per heavy atom. The second-order valence-electron chi connectivity index (χ2n) is 5.69. The monoisotopic (exact) mass is 312 g/mol. The minimum atomic E-state index is 0.132. The average Bonchev–Trinajstić information content (AvgIpc) is 3.09. The highest BCUT2D eigenvalue weighted by Gasteiger charge is 2.33. The molecule has 1 amide bonds. The molecule has 1 aliphatic rings. The number of para-hydroxylation sites is 1. The first-order chi connectivity index (χ1) is 10.8. The molecule has 0 bridgehead atoms. The third-order valence-corrected chi connectivity index (χ3v) is 4.74. The van der Waals surface area contributed by atoms with E-state index in [1.807, 2.05) is 29.2 Å². The van der Waals surface area contributed by atoms with E-state index in [-0.39, 0.29) is 5.91 Å². The fraction of sp³-hybridized carbons (Fsp3) is 0.294. The van der Waals surface area contributed by atoms with Gasteiger partial charge in [-0.3, -0.25) is 4.79 Å². The molecule has 0 saturated heterocycles. The van der Waals surface area contributed by atoms with Gasteiger partial charge >= 0.3 is 0 Å². The van der Waals surface area contributed by atoms with Gasteiger partial charge in [-0.15, -0.1) is 0 Å². The summed E-state index contributed by atoms with van der Waals surface area (Å²) in [5.74, 6) is 0.132. The normalized spacial score (nSPS) is 14.4. The minimum absolute atomic E-state index is 0.132. The third kappa shape index (κ3) is 2.64. The van der Waals surface area contributed by atoms with Crippen molar-refractivity contribution >= 4 is 28.2 Å². The molecule has 3 aromatic rings. The van der Waals surface area contributed by atoms with Crippen molar-refractivity contribution in [3.63, 3.8) is 0 Å². The Balaban J connectivity index is 1.54. The Hall–Kier alpha value is -2.14. The van der Waals surface area contributed by atoms with Crippen molar-refractivity contribution in [3.8, 4) is 0 Å². The van der Waals surface area contributed by atoms with Crippen LogP contribution in [0.5, 0.6) is 0 Å². The van der Waals surface area contributed by atoms with Crippen molar-refractivity contribution < 1.29 is 9.32 Å². The predicted molar refractivity (Wildman–Crippen MR) is 85.6 cm³/mol. The van der Waals surface area contributed by atoms with Gasteiger partial charge in [0.05, 0.1) is 6.42 Å². The SMILES string of the molecule is O=C(Cc1noc2ccccc12)N(Cc1ccsc1)C1CC1. The van der Waals surface area contributed by atoms with Gasteiger partial charge in [-0.1, -0.05) is 17.3 Å². The van der Waals surface area contributed by atoms with Crippen LogP contribution in [0, 0.1) is 0 Å². The summed E-state index contributed by atoms with van der Waals surface area (Å²) in [6.07, 6.45) is 2.52. The molecule has 0 aliphatic heterocycles. The fourth-order valence-corrected chi connectivity index (χ4v) is 3.36. The molecule has 1 fully saturated rings. The van der Waals surface area contributed by atoms with Gasteiger partial charge in [-0.05, 0) is 47.4 Å². The van der Waals surface area contributed by atoms with E-state index < -0.39 is 0 Å². The number of fused-ring (bicyclic) bond motifs is 1. The van der Waals surface area contributed by atoms with Crippen LogP contribution in [0.15, 0.2) is 45.6 Å². The topological polar surface area (TPSA) is 46.3 Å². The van der Waals surface area contributed by atoms with E-state index in [1.54, 1.807) is 11.3 Å². The molecule has 0 unspecified atom stereocenters. The molecule has 5 heteroatoms. The highest BCUT2D eigenvalue weighted by Crippen LogP contribution is 2.30. The van der Waals surface area contributed by atoms with Crippen LogP contribution in [-0.2, 0) is 17.8 Å². The van der Waals surface area contributed by atoms with E-state index in [1.165, 1.54) is 5.56 Å². The standard InChI is InChI=1S/C17H16N2O2S/c20-17(9-15-14-3-1-2-4-16(14)21-18-15)19(13-5-6-13)10-12-7-8-22-11-12/h1-4,7-8,11,13H,5-6,9-10H2. The van der Waals surface area contributed by atoms with E-state index in [9.17, 15) is 4.79 Å². The zero-order valence-corrected chi connectivity index (χ0v) is 12.9. The highest BCUT2D eigenvalue weighted by atomic mass is 32.1. The molecule has 22 heavy (non-hydrogen) atoms. The van der Waals surface area contributed by atoms with Crippen molar-refractivity contribution in [3.05, 3.63) is 52.3 Å². The zero-order chi connectivity index (χ0) is 14.9. The van der Waals surface area contributed by atoms with Crippen molar-refractivity contribution in [2.75, 3.05) is 0 Å². The van der Waals surface area contributed by atoms with Gasteiger partial charge < -0.3 is 9.42 Å². The van der Waals surface area contributed by atoms with E-state index in [0.717, 1.165) is 29.5 Å². The fourth-order valence-electron chi connectivity index (χ4n) is 2.70. The van der Waals surface area contributed by atoms with E-state index in [0.29, 0.717) is 19.0 Å². The quantitative estimate of drug-likeness (QED) is 0.723. The molecule has 0 atom stereocenters. The summed E-state index contributed by atoms with van der Waals surface area (Å²) in [7, 11) is 0. The summed E-state index contributed by atoms with van der Waals surface area (Å²) in [6, 6.07) is 10.2. The molecule has 2 heterocycles. The van der Waals surface area contributed by atoms with Crippen molar-refractivity contribution in [1.29, 1.82) is 0 Å². The van der Waals surface area contributed by atoms with Crippen molar-refractivity contribution in [2.24, 2.45) is 0 Å². The lowest BCUT2D eigenvalue weighted by atomic mass is 10.1. The maximum atomic E-state index is 12.7. The molecular formula is C17H16N2O2S. The smallest absolute Gasteiger partial charge is 0.229 e. The van der Waals surface area contributed by atoms with Gasteiger partial charge in [0.1, 0.15) is 5.69 Å². The number of carbonyl (C=O) groups is 1. The van der Waals surface area contributed by atoms with Crippen LogP contribution in [-0.4, -0.2) is 22.0 Å². The number of benzene rings is 1. The van der Waals surface area contributed by atoms with Crippen LogP contribution in [0.2, 0.25) is 0 Å². The second kappa shape index (κ2) is 5.57. The van der Waals surface area contributed by atoms with E-state index in [2.05, 4.69) is 22.0 Å². The second-order valence-corrected chi connectivity index (χ2v) is 6.47. The number of thiophene rings is 1. The lowest BCUT2D eigenvalue weighted by molar-refractivity contribution is -0.131. The molecule has 2 aromatic heterocycles. The lowest BCUT2D eigenvalue weighted by Gasteiger charge is -2.21. The number of amides is 1. The van der Waals surface area contributed by atoms with Crippen LogP contribution >= 0.6 is 11.3 Å². The molecule has 1 saturated carbocycles. The van der Waals surface area contributed by atoms with E-state index >= 15 is 0 Å². The Labute approximate surface area is 132 Å². The first-order valence-electron chi connectivity index (χ1n) is 7.45. The summed E-state index contributed by atoms with van der Waals surface area (Å²) in [5, 5.41) is 9.16. The van der Waals surface area contributed by atoms with Crippen LogP contribution in [0.3, 0.4) is 0 Å². The molecule has 1 aliphatic carbocycles. The molecular weight excluding hydrogens is 296 g/mol. The van der Waals surface area contributed by atoms with Gasteiger partial charge in [0.2, 0.25) is 5.91 Å². The molecule has 0 spiro atoms. The first kappa shape index (κ1) is 13.5. The van der Waals surface area contributed by atoms with E-state index in [4.69, 9.17) is 4.52 Å². The van der Waals surface area contributed by atoms with Gasteiger partial charge in [0.25, 0.3) is 0 Å². The van der Waals surface area contributed by atoms with Gasteiger partial charge in [0.15, 0.2) is 5.58 Å². The largest absolute Gasteiger partial charge is 0.356 e. The predicted octanol–water partition coefficient (Wildman–Crippen LogP) is 3.62. The molecule has 1 aromatic carbocycles. The Kier molecular flexibility index (Phi) is 3.42. The number of nitrogens with zero attached hydrogens (tertiary/aromatic N) is 2. The first-order valence-corrected chi connectivity index (χ1v) is 8.39. The Morgan fingerprint density at radius 3 is 2.95 bits per heavy atom. The summed E-state index contributed by atoms with van der Waals surface area (Å²) >= 11 is 1.67. The molecule has 0 N–H and O–H groups in total. The van der Waals surface area contributed by atoms with Crippen LogP contribution in [0.1, 0.15) is 24.1 Å². The Bertz CT molecular complexity index is 790. The van der Waals surface area contributed by atoms with Gasteiger partial charge in [0, 0.05) is 18.0 Å². The summed E-state index contributed by atoms with van der Waals surface area (Å²) in [5.41, 5.74) is 2.67. The van der Waals surface area contributed by atoms with Crippen molar-refractivity contribution in [2.45, 2.75) is 31.8 Å². The van der Waals surface area contributed by atoms with Crippen LogP contribution in [0.4, 0.5) is 0 Å². The third-order valence-electron chi connectivity index (χ3n) is 4.01. The summed E-state index contributed by atoms with van der Waals surface area (Å²) < 4.78 is 5.29. The minimum Gasteiger partial charge on any atom is -0.356 e. The maximum Gasteiger partial charge on any atom is 0.229 e. The molecule has 4 nitrogen and oxygen atoms in total. The summed E-state index contributed by atoms with van der Waals surface area (Å²) in [6.45, 7) is 0.697. The highest BCUT2D eigenvalue weighted by molar-refractivity contribution is 7.07. The summed E-state index contributed by atoms with van der Waals surface area (Å²) in [4.78, 5) is 14.7. The maximum absolute atomic E-state index is 12.7. The molecule has 4 rings (SSSR count). The zero-order valence-electron chi connectivity index (χ0n) is 12.1. The average molecular weight is 312 g/mol. The Morgan fingerprint density at radius 1 is 1.32 bits per heavy atom. The van der Waals surface area contributed by atoms with Crippen molar-refractivity contribution in [1.82, 2.24) is 10.1 Å². The van der Waals surface area contributed by atoms with Crippen LogP contribution < -0.4 is 0 Å². The number of rotatable bonds is 5. The number of hydrogen-bond acceptors (Lipinski definition) is 4. The molecule has 112 valence electrons.